The van der Waals surface area contributed by atoms with E-state index in [0.717, 1.165) is 11.3 Å². The number of hydrogen-bond acceptors (Lipinski definition) is 2. The van der Waals surface area contributed by atoms with Crippen molar-refractivity contribution in [1.82, 2.24) is 0 Å². The summed E-state index contributed by atoms with van der Waals surface area (Å²) in [4.78, 5) is 0. The summed E-state index contributed by atoms with van der Waals surface area (Å²) >= 11 is 0. The van der Waals surface area contributed by atoms with Crippen LogP contribution in [0.5, 0.6) is 5.75 Å². The molecular weight excluding hydrogens is 245 g/mol. The lowest BCUT2D eigenvalue weighted by Crippen LogP contribution is -2.30. The minimum absolute atomic E-state index is 0.0686. The van der Waals surface area contributed by atoms with E-state index in [1.54, 1.807) is 6.07 Å². The zero-order chi connectivity index (χ0) is 13.2. The third-order valence-electron chi connectivity index (χ3n) is 3.06. The van der Waals surface area contributed by atoms with Crippen LogP contribution in [-0.4, -0.2) is 23.5 Å². The molecule has 1 N–H and O–H groups in total. The van der Waals surface area contributed by atoms with Crippen molar-refractivity contribution in [2.75, 3.05) is 0 Å². The molecule has 0 saturated heterocycles. The molecular formula is C13H15F3O2. The van der Waals surface area contributed by atoms with Crippen molar-refractivity contribution in [3.63, 3.8) is 0 Å². The zero-order valence-corrected chi connectivity index (χ0v) is 9.78. The second-order valence-electron chi connectivity index (χ2n) is 4.54. The molecule has 0 bridgehead atoms. The summed E-state index contributed by atoms with van der Waals surface area (Å²) < 4.78 is 41.5. The quantitative estimate of drug-likeness (QED) is 0.901. The van der Waals surface area contributed by atoms with Gasteiger partial charge in [-0.15, -0.1) is 0 Å². The van der Waals surface area contributed by atoms with Gasteiger partial charge in [-0.1, -0.05) is 18.2 Å². The highest BCUT2D eigenvalue weighted by Crippen LogP contribution is 2.31. The molecule has 1 aromatic rings. The van der Waals surface area contributed by atoms with Crippen LogP contribution in [0.4, 0.5) is 13.2 Å². The number of ether oxygens (including phenoxy) is 1. The van der Waals surface area contributed by atoms with Crippen molar-refractivity contribution in [1.29, 1.82) is 0 Å². The summed E-state index contributed by atoms with van der Waals surface area (Å²) in [5.74, 6) is 0.720. The molecule has 0 saturated carbocycles. The predicted molar refractivity (Wildman–Crippen MR) is 60.5 cm³/mol. The molecule has 0 amide bonds. The Bertz CT molecular complexity index is 378. The van der Waals surface area contributed by atoms with Gasteiger partial charge in [0.2, 0.25) is 0 Å². The van der Waals surface area contributed by atoms with Crippen molar-refractivity contribution in [3.8, 4) is 5.75 Å². The van der Waals surface area contributed by atoms with Crippen LogP contribution >= 0.6 is 0 Å². The van der Waals surface area contributed by atoms with E-state index >= 15 is 0 Å². The third-order valence-corrected chi connectivity index (χ3v) is 3.06. The van der Waals surface area contributed by atoms with Gasteiger partial charge in [0.15, 0.2) is 0 Å². The molecule has 5 heteroatoms. The van der Waals surface area contributed by atoms with Gasteiger partial charge in [-0.05, 0) is 24.5 Å². The summed E-state index contributed by atoms with van der Waals surface area (Å²) in [6, 6.07) is 7.41. The third kappa shape index (κ3) is 3.38. The largest absolute Gasteiger partial charge is 0.487 e. The fourth-order valence-electron chi connectivity index (χ4n) is 2.12. The standard InChI is InChI=1S/C13H15F3O2/c14-13(15,16)7-3-5-10(17)12-8-9-4-1-2-6-11(9)18-12/h1-2,4,6,10,12,17H,3,5,7-8H2. The Morgan fingerprint density at radius 2 is 2.06 bits per heavy atom. The molecule has 0 radical (unpaired) electrons. The molecule has 1 aromatic carbocycles. The van der Waals surface area contributed by atoms with E-state index in [1.807, 2.05) is 18.2 Å². The van der Waals surface area contributed by atoms with Gasteiger partial charge in [-0.3, -0.25) is 0 Å². The highest BCUT2D eigenvalue weighted by molar-refractivity contribution is 5.37. The molecule has 0 aliphatic carbocycles. The van der Waals surface area contributed by atoms with Gasteiger partial charge in [-0.2, -0.15) is 13.2 Å². The number of halogens is 3. The Hall–Kier alpha value is -1.23. The van der Waals surface area contributed by atoms with Gasteiger partial charge < -0.3 is 9.84 Å². The van der Waals surface area contributed by atoms with Gasteiger partial charge in [-0.25, -0.2) is 0 Å². The molecule has 2 rings (SSSR count). The van der Waals surface area contributed by atoms with Crippen LogP contribution in [0.15, 0.2) is 24.3 Å². The van der Waals surface area contributed by atoms with E-state index in [9.17, 15) is 18.3 Å². The highest BCUT2D eigenvalue weighted by atomic mass is 19.4. The Balaban J connectivity index is 1.81. The van der Waals surface area contributed by atoms with Gasteiger partial charge in [0, 0.05) is 12.8 Å². The Morgan fingerprint density at radius 3 is 2.72 bits per heavy atom. The SMILES string of the molecule is OC(CCCC(F)(F)F)C1Cc2ccccc2O1. The lowest BCUT2D eigenvalue weighted by molar-refractivity contribution is -0.137. The van der Waals surface area contributed by atoms with Gasteiger partial charge in [0.05, 0.1) is 6.10 Å². The maximum absolute atomic E-state index is 12.0. The number of hydrogen-bond donors (Lipinski definition) is 1. The first-order valence-corrected chi connectivity index (χ1v) is 5.95. The van der Waals surface area contributed by atoms with Crippen LogP contribution in [0.2, 0.25) is 0 Å². The predicted octanol–water partition coefficient (Wildman–Crippen LogP) is 3.08. The van der Waals surface area contributed by atoms with E-state index in [-0.39, 0.29) is 12.8 Å². The highest BCUT2D eigenvalue weighted by Gasteiger charge is 2.31. The van der Waals surface area contributed by atoms with Crippen LogP contribution in [0.25, 0.3) is 0 Å². The van der Waals surface area contributed by atoms with E-state index in [0.29, 0.717) is 6.42 Å². The average molecular weight is 260 g/mol. The lowest BCUT2D eigenvalue weighted by atomic mass is 10.0. The lowest BCUT2D eigenvalue weighted by Gasteiger charge is -2.18. The first-order valence-electron chi connectivity index (χ1n) is 5.95. The monoisotopic (exact) mass is 260 g/mol. The van der Waals surface area contributed by atoms with Gasteiger partial charge >= 0.3 is 6.18 Å². The fraction of sp³-hybridized carbons (Fsp3) is 0.538. The molecule has 1 aliphatic heterocycles. The first kappa shape index (κ1) is 13.2. The van der Waals surface area contributed by atoms with E-state index in [4.69, 9.17) is 4.74 Å². The van der Waals surface area contributed by atoms with Crippen LogP contribution in [-0.2, 0) is 6.42 Å². The maximum Gasteiger partial charge on any atom is 0.389 e. The smallest absolute Gasteiger partial charge is 0.389 e. The summed E-state index contributed by atoms with van der Waals surface area (Å²) in [6.45, 7) is 0. The number of fused-ring (bicyclic) bond motifs is 1. The van der Waals surface area contributed by atoms with Crippen LogP contribution in [0.3, 0.4) is 0 Å². The van der Waals surface area contributed by atoms with Crippen molar-refractivity contribution < 1.29 is 23.0 Å². The zero-order valence-electron chi connectivity index (χ0n) is 9.78. The number of aliphatic hydroxyl groups excluding tert-OH is 1. The maximum atomic E-state index is 12.0. The van der Waals surface area contributed by atoms with Crippen molar-refractivity contribution in [2.24, 2.45) is 0 Å². The number of benzene rings is 1. The molecule has 100 valence electrons. The summed E-state index contributed by atoms with van der Waals surface area (Å²) in [5.41, 5.74) is 0.998. The Labute approximate surface area is 103 Å². The van der Waals surface area contributed by atoms with E-state index < -0.39 is 24.8 Å². The Kier molecular flexibility index (Phi) is 3.80. The van der Waals surface area contributed by atoms with Gasteiger partial charge in [0.1, 0.15) is 11.9 Å². The molecule has 1 aliphatic rings. The fourth-order valence-corrected chi connectivity index (χ4v) is 2.12. The summed E-state index contributed by atoms with van der Waals surface area (Å²) in [7, 11) is 0. The second kappa shape index (κ2) is 5.18. The summed E-state index contributed by atoms with van der Waals surface area (Å²) in [6.07, 6.45) is -5.68. The molecule has 2 nitrogen and oxygen atoms in total. The van der Waals surface area contributed by atoms with E-state index in [1.165, 1.54) is 0 Å². The molecule has 2 unspecified atom stereocenters. The van der Waals surface area contributed by atoms with Crippen molar-refractivity contribution in [3.05, 3.63) is 29.8 Å². The topological polar surface area (TPSA) is 29.5 Å². The molecule has 18 heavy (non-hydrogen) atoms. The van der Waals surface area contributed by atoms with Crippen LogP contribution in [0, 0.1) is 0 Å². The minimum atomic E-state index is -4.15. The van der Waals surface area contributed by atoms with Crippen molar-refractivity contribution >= 4 is 0 Å². The van der Waals surface area contributed by atoms with Crippen LogP contribution in [0.1, 0.15) is 24.8 Å². The van der Waals surface area contributed by atoms with Crippen LogP contribution < -0.4 is 4.74 Å². The number of aliphatic hydroxyl groups is 1. The van der Waals surface area contributed by atoms with Crippen molar-refractivity contribution in [2.45, 2.75) is 44.1 Å². The molecule has 2 atom stereocenters. The normalized spacial score (nSPS) is 20.3. The average Bonchev–Trinajstić information content (AvgIpc) is 2.70. The molecule has 0 spiro atoms. The summed E-state index contributed by atoms with van der Waals surface area (Å²) in [5, 5.41) is 9.83. The second-order valence-corrected chi connectivity index (χ2v) is 4.54. The Morgan fingerprint density at radius 1 is 1.33 bits per heavy atom. The number of rotatable bonds is 4. The van der Waals surface area contributed by atoms with Gasteiger partial charge in [0.25, 0.3) is 0 Å². The van der Waals surface area contributed by atoms with E-state index in [2.05, 4.69) is 0 Å². The molecule has 0 fully saturated rings. The molecule has 0 aromatic heterocycles. The first-order chi connectivity index (χ1) is 8.46. The number of alkyl halides is 3. The minimum Gasteiger partial charge on any atom is -0.487 e. The molecule has 1 heterocycles. The number of para-hydroxylation sites is 1.